The van der Waals surface area contributed by atoms with E-state index in [-0.39, 0.29) is 13.2 Å². The second kappa shape index (κ2) is 6.70. The summed E-state index contributed by atoms with van der Waals surface area (Å²) < 4.78 is 5.38. The van der Waals surface area contributed by atoms with Crippen LogP contribution in [0.3, 0.4) is 0 Å². The standard InChI is InChI=1S/C13H16O4/c1-2-11(13(15)16)6-7-17-12-5-3-4-10(8-12)9-14/h3-6,8,14H,2,7,9H2,1H3,(H,15,16). The largest absolute Gasteiger partial charge is 0.490 e. The quantitative estimate of drug-likeness (QED) is 0.741. The number of aliphatic hydroxyl groups is 1. The molecule has 4 heteroatoms. The normalized spacial score (nSPS) is 11.3. The van der Waals surface area contributed by atoms with E-state index >= 15 is 0 Å². The molecule has 1 aromatic carbocycles. The van der Waals surface area contributed by atoms with Crippen LogP contribution in [0.25, 0.3) is 0 Å². The van der Waals surface area contributed by atoms with E-state index in [0.717, 1.165) is 5.56 Å². The number of carboxylic acid groups (broad SMARTS) is 1. The van der Waals surface area contributed by atoms with E-state index in [0.29, 0.717) is 17.7 Å². The minimum atomic E-state index is -0.916. The van der Waals surface area contributed by atoms with Crippen molar-refractivity contribution in [3.05, 3.63) is 41.5 Å². The number of hydrogen-bond acceptors (Lipinski definition) is 3. The second-order valence-corrected chi connectivity index (χ2v) is 3.50. The number of rotatable bonds is 6. The molecule has 0 amide bonds. The Morgan fingerprint density at radius 1 is 1.47 bits per heavy atom. The van der Waals surface area contributed by atoms with Crippen LogP contribution in [0.2, 0.25) is 0 Å². The first-order valence-corrected chi connectivity index (χ1v) is 5.42. The fourth-order valence-corrected chi connectivity index (χ4v) is 1.35. The van der Waals surface area contributed by atoms with Gasteiger partial charge < -0.3 is 14.9 Å². The molecule has 0 fully saturated rings. The summed E-state index contributed by atoms with van der Waals surface area (Å²) in [5.74, 6) is -0.297. The lowest BCUT2D eigenvalue weighted by Crippen LogP contribution is -2.03. The van der Waals surface area contributed by atoms with Crippen LogP contribution in [0.5, 0.6) is 5.75 Å². The van der Waals surface area contributed by atoms with E-state index in [2.05, 4.69) is 0 Å². The summed E-state index contributed by atoms with van der Waals surface area (Å²) in [5.41, 5.74) is 1.10. The van der Waals surface area contributed by atoms with Gasteiger partial charge >= 0.3 is 5.97 Å². The highest BCUT2D eigenvalue weighted by Gasteiger charge is 2.03. The van der Waals surface area contributed by atoms with Gasteiger partial charge in [0.05, 0.1) is 6.61 Å². The topological polar surface area (TPSA) is 66.8 Å². The predicted octanol–water partition coefficient (Wildman–Crippen LogP) is 1.98. The highest BCUT2D eigenvalue weighted by Crippen LogP contribution is 2.13. The summed E-state index contributed by atoms with van der Waals surface area (Å²) in [4.78, 5) is 10.7. The van der Waals surface area contributed by atoms with E-state index in [1.807, 2.05) is 0 Å². The highest BCUT2D eigenvalue weighted by atomic mass is 16.5. The van der Waals surface area contributed by atoms with Crippen molar-refractivity contribution in [2.24, 2.45) is 0 Å². The molecule has 1 rings (SSSR count). The molecule has 0 spiro atoms. The van der Waals surface area contributed by atoms with E-state index < -0.39 is 5.97 Å². The Balaban J connectivity index is 2.58. The Kier molecular flexibility index (Phi) is 5.23. The van der Waals surface area contributed by atoms with E-state index in [1.165, 1.54) is 0 Å². The van der Waals surface area contributed by atoms with Crippen LogP contribution in [-0.4, -0.2) is 22.8 Å². The molecule has 0 saturated carbocycles. The van der Waals surface area contributed by atoms with Crippen molar-refractivity contribution in [2.75, 3.05) is 6.61 Å². The lowest BCUT2D eigenvalue weighted by molar-refractivity contribution is -0.132. The van der Waals surface area contributed by atoms with Gasteiger partial charge in [0, 0.05) is 5.57 Å². The van der Waals surface area contributed by atoms with Crippen LogP contribution in [0, 0.1) is 0 Å². The van der Waals surface area contributed by atoms with Crippen LogP contribution >= 0.6 is 0 Å². The van der Waals surface area contributed by atoms with Crippen LogP contribution < -0.4 is 4.74 Å². The maximum Gasteiger partial charge on any atom is 0.331 e. The van der Waals surface area contributed by atoms with Crippen LogP contribution in [0.4, 0.5) is 0 Å². The van der Waals surface area contributed by atoms with Crippen LogP contribution in [0.15, 0.2) is 35.9 Å². The molecule has 0 aliphatic rings. The van der Waals surface area contributed by atoms with E-state index in [9.17, 15) is 4.79 Å². The van der Waals surface area contributed by atoms with Gasteiger partial charge in [0.25, 0.3) is 0 Å². The third-order valence-corrected chi connectivity index (χ3v) is 2.32. The predicted molar refractivity (Wildman–Crippen MR) is 63.9 cm³/mol. The Labute approximate surface area is 100 Å². The monoisotopic (exact) mass is 236 g/mol. The van der Waals surface area contributed by atoms with Gasteiger partial charge in [-0.25, -0.2) is 4.79 Å². The number of ether oxygens (including phenoxy) is 1. The molecule has 0 bridgehead atoms. The molecular weight excluding hydrogens is 220 g/mol. The minimum absolute atomic E-state index is 0.0393. The SMILES string of the molecule is CCC(=CCOc1cccc(CO)c1)C(=O)O. The van der Waals surface area contributed by atoms with Gasteiger partial charge in [-0.15, -0.1) is 0 Å². The zero-order valence-electron chi connectivity index (χ0n) is 9.72. The van der Waals surface area contributed by atoms with Crippen molar-refractivity contribution < 1.29 is 19.7 Å². The number of aliphatic carboxylic acids is 1. The van der Waals surface area contributed by atoms with Gasteiger partial charge in [-0.05, 0) is 30.2 Å². The molecular formula is C13H16O4. The minimum Gasteiger partial charge on any atom is -0.490 e. The summed E-state index contributed by atoms with van der Waals surface area (Å²) in [6.07, 6.45) is 2.02. The Morgan fingerprint density at radius 2 is 2.24 bits per heavy atom. The molecule has 0 aliphatic carbocycles. The third kappa shape index (κ3) is 4.28. The highest BCUT2D eigenvalue weighted by molar-refractivity contribution is 5.86. The van der Waals surface area contributed by atoms with Gasteiger partial charge in [0.15, 0.2) is 0 Å². The fourth-order valence-electron chi connectivity index (χ4n) is 1.35. The summed E-state index contributed by atoms with van der Waals surface area (Å²) in [6, 6.07) is 7.06. The maximum atomic E-state index is 10.7. The van der Waals surface area contributed by atoms with Crippen LogP contribution in [0.1, 0.15) is 18.9 Å². The van der Waals surface area contributed by atoms with Gasteiger partial charge in [-0.3, -0.25) is 0 Å². The van der Waals surface area contributed by atoms with Crippen molar-refractivity contribution in [2.45, 2.75) is 20.0 Å². The Hall–Kier alpha value is -1.81. The zero-order chi connectivity index (χ0) is 12.7. The molecule has 17 heavy (non-hydrogen) atoms. The Morgan fingerprint density at radius 3 is 2.82 bits per heavy atom. The van der Waals surface area contributed by atoms with Gasteiger partial charge in [0.1, 0.15) is 12.4 Å². The maximum absolute atomic E-state index is 10.7. The molecule has 2 N–H and O–H groups in total. The first-order valence-electron chi connectivity index (χ1n) is 5.42. The smallest absolute Gasteiger partial charge is 0.331 e. The molecule has 4 nitrogen and oxygen atoms in total. The summed E-state index contributed by atoms with van der Waals surface area (Å²) >= 11 is 0. The van der Waals surface area contributed by atoms with Crippen molar-refractivity contribution in [1.29, 1.82) is 0 Å². The zero-order valence-corrected chi connectivity index (χ0v) is 9.72. The molecule has 0 radical (unpaired) electrons. The average Bonchev–Trinajstić information content (AvgIpc) is 2.34. The number of carboxylic acids is 1. The molecule has 0 atom stereocenters. The molecule has 0 saturated heterocycles. The van der Waals surface area contributed by atoms with Crippen molar-refractivity contribution in [3.8, 4) is 5.75 Å². The first-order chi connectivity index (χ1) is 8.17. The van der Waals surface area contributed by atoms with E-state index in [4.69, 9.17) is 14.9 Å². The summed E-state index contributed by atoms with van der Waals surface area (Å²) in [5, 5.41) is 17.7. The van der Waals surface area contributed by atoms with Gasteiger partial charge in [0.2, 0.25) is 0 Å². The number of aliphatic hydroxyl groups excluding tert-OH is 1. The van der Waals surface area contributed by atoms with E-state index in [1.54, 1.807) is 37.3 Å². The molecule has 0 aliphatic heterocycles. The van der Waals surface area contributed by atoms with Crippen molar-refractivity contribution in [3.63, 3.8) is 0 Å². The lowest BCUT2D eigenvalue weighted by Gasteiger charge is -2.05. The summed E-state index contributed by atoms with van der Waals surface area (Å²) in [6.45, 7) is 1.96. The fraction of sp³-hybridized carbons (Fsp3) is 0.308. The first kappa shape index (κ1) is 13.3. The van der Waals surface area contributed by atoms with Crippen LogP contribution in [-0.2, 0) is 11.4 Å². The number of carbonyl (C=O) groups is 1. The molecule has 0 heterocycles. The van der Waals surface area contributed by atoms with Crippen molar-refractivity contribution >= 4 is 5.97 Å². The molecule has 0 unspecified atom stereocenters. The number of benzene rings is 1. The summed E-state index contributed by atoms with van der Waals surface area (Å²) in [7, 11) is 0. The van der Waals surface area contributed by atoms with Gasteiger partial charge in [-0.1, -0.05) is 19.1 Å². The van der Waals surface area contributed by atoms with Gasteiger partial charge in [-0.2, -0.15) is 0 Å². The third-order valence-electron chi connectivity index (χ3n) is 2.32. The Bertz CT molecular complexity index is 410. The molecule has 92 valence electrons. The lowest BCUT2D eigenvalue weighted by atomic mass is 10.2. The molecule has 1 aromatic rings. The second-order valence-electron chi connectivity index (χ2n) is 3.50. The number of hydrogen-bond donors (Lipinski definition) is 2. The molecule has 0 aromatic heterocycles. The average molecular weight is 236 g/mol. The van der Waals surface area contributed by atoms with Crippen molar-refractivity contribution in [1.82, 2.24) is 0 Å².